The first-order valence-corrected chi connectivity index (χ1v) is 15.2. The molecule has 5 rings (SSSR count). The van der Waals surface area contributed by atoms with Crippen molar-refractivity contribution in [3.8, 4) is 23.3 Å². The van der Waals surface area contributed by atoms with Crippen LogP contribution in [-0.2, 0) is 25.4 Å². The third kappa shape index (κ3) is 5.78. The highest BCUT2D eigenvalue weighted by Gasteiger charge is 2.50. The fourth-order valence-electron chi connectivity index (χ4n) is 6.96. The molecule has 0 bridgehead atoms. The Labute approximate surface area is 270 Å². The number of nitriles is 1. The van der Waals surface area contributed by atoms with Gasteiger partial charge in [0.15, 0.2) is 17.9 Å². The van der Waals surface area contributed by atoms with Crippen molar-refractivity contribution in [2.45, 2.75) is 75.4 Å². The van der Waals surface area contributed by atoms with Gasteiger partial charge in [-0.2, -0.15) is 5.26 Å². The molecule has 47 heavy (non-hydrogen) atoms. The number of phenols is 2. The summed E-state index contributed by atoms with van der Waals surface area (Å²) < 4.78 is 22.8. The first-order chi connectivity index (χ1) is 22.3. The van der Waals surface area contributed by atoms with E-state index in [-0.39, 0.29) is 54.2 Å². The maximum atomic E-state index is 13.9. The SMILES string of the molecule is COCC(C#N)N(CCO)C1CC(O[C@H]2C[C@](O)(C(C)=O)Cc3c(O)c4c(c(O)c32)C(=O)c2c(OC)cccc2C4=O)OC(C)C1O. The summed E-state index contributed by atoms with van der Waals surface area (Å²) in [4.78, 5) is 41.9. The van der Waals surface area contributed by atoms with Gasteiger partial charge >= 0.3 is 0 Å². The van der Waals surface area contributed by atoms with Gasteiger partial charge < -0.3 is 44.5 Å². The summed E-state index contributed by atoms with van der Waals surface area (Å²) in [6, 6.07) is 4.88. The molecule has 0 saturated carbocycles. The maximum absolute atomic E-state index is 13.9. The van der Waals surface area contributed by atoms with Crippen molar-refractivity contribution in [2.24, 2.45) is 0 Å². The van der Waals surface area contributed by atoms with Crippen LogP contribution in [0.3, 0.4) is 0 Å². The number of carbonyl (C=O) groups excluding carboxylic acids is 3. The maximum Gasteiger partial charge on any atom is 0.202 e. The van der Waals surface area contributed by atoms with E-state index >= 15 is 0 Å². The Hall–Kier alpha value is -3.94. The Kier molecular flexibility index (Phi) is 9.72. The van der Waals surface area contributed by atoms with Crippen LogP contribution in [0.1, 0.15) is 75.8 Å². The van der Waals surface area contributed by atoms with Gasteiger partial charge in [0.25, 0.3) is 0 Å². The smallest absolute Gasteiger partial charge is 0.202 e. The number of Topliss-reactive ketones (excluding diaryl/α,β-unsaturated/α-hetero) is 1. The van der Waals surface area contributed by atoms with Gasteiger partial charge in [0, 0.05) is 55.6 Å². The van der Waals surface area contributed by atoms with Gasteiger partial charge in [0.2, 0.25) is 5.78 Å². The summed E-state index contributed by atoms with van der Waals surface area (Å²) in [7, 11) is 2.74. The molecule has 14 heteroatoms. The predicted octanol–water partition coefficient (Wildman–Crippen LogP) is 0.903. The van der Waals surface area contributed by atoms with E-state index in [0.29, 0.717) is 0 Å². The lowest BCUT2D eigenvalue weighted by Gasteiger charge is -2.46. The molecule has 0 aromatic heterocycles. The minimum Gasteiger partial charge on any atom is -0.507 e. The molecule has 2 aliphatic carbocycles. The molecular weight excluding hydrogens is 616 g/mol. The zero-order valence-electron chi connectivity index (χ0n) is 26.4. The Bertz CT molecular complexity index is 1640. The van der Waals surface area contributed by atoms with Gasteiger partial charge in [-0.25, -0.2) is 0 Å². The summed E-state index contributed by atoms with van der Waals surface area (Å²) in [5.74, 6) is -3.45. The number of ketones is 3. The predicted molar refractivity (Wildman–Crippen MR) is 161 cm³/mol. The first-order valence-electron chi connectivity index (χ1n) is 15.2. The summed E-state index contributed by atoms with van der Waals surface area (Å²) in [5.41, 5.74) is -3.42. The van der Waals surface area contributed by atoms with Gasteiger partial charge in [-0.1, -0.05) is 12.1 Å². The molecule has 7 atom stereocenters. The Balaban J connectivity index is 1.60. The van der Waals surface area contributed by atoms with Crippen molar-refractivity contribution in [1.29, 1.82) is 5.26 Å². The average Bonchev–Trinajstić information content (AvgIpc) is 3.04. The molecule has 14 nitrogen and oxygen atoms in total. The van der Waals surface area contributed by atoms with E-state index in [1.165, 1.54) is 32.4 Å². The third-order valence-electron chi connectivity index (χ3n) is 9.38. The zero-order valence-corrected chi connectivity index (χ0v) is 26.4. The fourth-order valence-corrected chi connectivity index (χ4v) is 6.96. The van der Waals surface area contributed by atoms with Gasteiger partial charge in [-0.3, -0.25) is 19.3 Å². The van der Waals surface area contributed by atoms with Crippen molar-refractivity contribution in [2.75, 3.05) is 34.0 Å². The van der Waals surface area contributed by atoms with Crippen LogP contribution in [-0.4, -0.2) is 118 Å². The Morgan fingerprint density at radius 2 is 1.87 bits per heavy atom. The Morgan fingerprint density at radius 1 is 1.17 bits per heavy atom. The van der Waals surface area contributed by atoms with Gasteiger partial charge in [-0.15, -0.1) is 0 Å². The lowest BCUT2D eigenvalue weighted by Crippen LogP contribution is -2.59. The monoisotopic (exact) mass is 654 g/mol. The van der Waals surface area contributed by atoms with E-state index < -0.39 is 95.1 Å². The van der Waals surface area contributed by atoms with Crippen LogP contribution in [0.2, 0.25) is 0 Å². The number of methoxy groups -OCH3 is 2. The van der Waals surface area contributed by atoms with Crippen molar-refractivity contribution in [3.63, 3.8) is 0 Å². The van der Waals surface area contributed by atoms with Crippen LogP contribution in [0.15, 0.2) is 18.2 Å². The number of ether oxygens (including phenoxy) is 4. The van der Waals surface area contributed by atoms with Crippen molar-refractivity contribution in [3.05, 3.63) is 51.6 Å². The summed E-state index contributed by atoms with van der Waals surface area (Å²) in [6.45, 7) is 2.41. The van der Waals surface area contributed by atoms with Crippen LogP contribution < -0.4 is 4.74 Å². The molecule has 0 radical (unpaired) electrons. The number of hydrogen-bond acceptors (Lipinski definition) is 14. The first kappa shape index (κ1) is 34.4. The largest absolute Gasteiger partial charge is 0.507 e. The number of benzene rings is 2. The number of nitrogens with zero attached hydrogens (tertiary/aromatic N) is 2. The number of aliphatic hydroxyl groups excluding tert-OH is 2. The molecule has 0 spiro atoms. The third-order valence-corrected chi connectivity index (χ3v) is 9.38. The molecule has 3 aliphatic rings. The van der Waals surface area contributed by atoms with E-state index in [0.717, 1.165) is 6.92 Å². The van der Waals surface area contributed by atoms with Crippen molar-refractivity contribution < 1.29 is 58.9 Å². The lowest BCUT2D eigenvalue weighted by atomic mass is 9.72. The zero-order chi connectivity index (χ0) is 34.4. The van der Waals surface area contributed by atoms with Gasteiger partial charge in [0.1, 0.15) is 28.9 Å². The Morgan fingerprint density at radius 3 is 2.49 bits per heavy atom. The second-order valence-electron chi connectivity index (χ2n) is 12.1. The highest BCUT2D eigenvalue weighted by Crippen LogP contribution is 2.52. The average molecular weight is 655 g/mol. The molecule has 2 aromatic rings. The van der Waals surface area contributed by atoms with E-state index in [4.69, 9.17) is 18.9 Å². The topological polar surface area (TPSA) is 216 Å². The van der Waals surface area contributed by atoms with Crippen LogP contribution >= 0.6 is 0 Å². The van der Waals surface area contributed by atoms with E-state index in [1.807, 2.05) is 0 Å². The van der Waals surface area contributed by atoms with Crippen molar-refractivity contribution >= 4 is 17.3 Å². The number of carbonyl (C=O) groups is 3. The molecule has 1 saturated heterocycles. The summed E-state index contributed by atoms with van der Waals surface area (Å²) in [5, 5.41) is 65.4. The molecule has 0 amide bonds. The summed E-state index contributed by atoms with van der Waals surface area (Å²) >= 11 is 0. The number of aromatic hydroxyl groups is 2. The molecule has 252 valence electrons. The van der Waals surface area contributed by atoms with Crippen LogP contribution in [0.5, 0.6) is 17.2 Å². The van der Waals surface area contributed by atoms with Crippen LogP contribution in [0.4, 0.5) is 0 Å². The van der Waals surface area contributed by atoms with Gasteiger partial charge in [-0.05, 0) is 19.9 Å². The minimum atomic E-state index is -2.09. The molecule has 1 heterocycles. The van der Waals surface area contributed by atoms with E-state index in [1.54, 1.807) is 11.8 Å². The molecule has 1 fully saturated rings. The molecular formula is C33H38N2O12. The fraction of sp³-hybridized carbons (Fsp3) is 0.515. The van der Waals surface area contributed by atoms with Gasteiger partial charge in [0.05, 0.1) is 61.4 Å². The van der Waals surface area contributed by atoms with Crippen LogP contribution in [0, 0.1) is 11.3 Å². The number of aliphatic hydroxyl groups is 3. The quantitative estimate of drug-likeness (QED) is 0.192. The van der Waals surface area contributed by atoms with E-state index in [9.17, 15) is 45.2 Å². The number of hydrogen-bond donors (Lipinski definition) is 5. The second-order valence-corrected chi connectivity index (χ2v) is 12.1. The van der Waals surface area contributed by atoms with Crippen LogP contribution in [0.25, 0.3) is 0 Å². The molecule has 1 aliphatic heterocycles. The van der Waals surface area contributed by atoms with E-state index in [2.05, 4.69) is 6.07 Å². The summed E-state index contributed by atoms with van der Waals surface area (Å²) in [6.07, 6.45) is -5.44. The van der Waals surface area contributed by atoms with Crippen molar-refractivity contribution in [1.82, 2.24) is 4.90 Å². The minimum absolute atomic E-state index is 0.0128. The normalized spacial score (nSPS) is 27.4. The highest BCUT2D eigenvalue weighted by atomic mass is 16.7. The molecule has 2 aromatic carbocycles. The standard InChI is InChI=1S/C33H38N2O12/c1-15-28(38)20(35(8-9-36)17(13-34)14-44-3)10-23(46-15)47-22-12-33(43,16(2)37)11-19-25(22)32(42)27-26(30(19)40)29(39)18-6-5-7-21(45-4)24(18)31(27)41/h5-7,15,17,20,22-23,28,36,38,40,42-43H,8-12,14H2,1-4H3/t15?,17?,20?,22-,23?,28?,33-/m0/s1. The lowest BCUT2D eigenvalue weighted by molar-refractivity contribution is -0.260. The highest BCUT2D eigenvalue weighted by molar-refractivity contribution is 6.31. The second kappa shape index (κ2) is 13.3. The number of phenolic OH excluding ortho intramolecular Hbond substituents is 2. The molecule has 5 unspecified atom stereocenters. The number of rotatable bonds is 10. The molecule has 5 N–H and O–H groups in total. The number of fused-ring (bicyclic) bond motifs is 3.